The highest BCUT2D eigenvalue weighted by atomic mass is 35.5. The van der Waals surface area contributed by atoms with Crippen molar-refractivity contribution in [1.82, 2.24) is 9.80 Å². The minimum Gasteiger partial charge on any atom is -0.303 e. The van der Waals surface area contributed by atoms with Crippen LogP contribution in [0.25, 0.3) is 0 Å². The van der Waals surface area contributed by atoms with Crippen LogP contribution in [0, 0.1) is 17.8 Å². The normalized spacial score (nSPS) is 31.8. The number of rotatable bonds is 3. The van der Waals surface area contributed by atoms with Crippen molar-refractivity contribution in [2.24, 2.45) is 17.8 Å². The van der Waals surface area contributed by atoms with Crippen LogP contribution in [0.5, 0.6) is 0 Å². The van der Waals surface area contributed by atoms with Crippen molar-refractivity contribution < 1.29 is 0 Å². The molecule has 0 bridgehead atoms. The van der Waals surface area contributed by atoms with E-state index in [1.807, 2.05) is 0 Å². The Labute approximate surface area is 188 Å². The van der Waals surface area contributed by atoms with Crippen molar-refractivity contribution in [3.8, 4) is 0 Å². The predicted molar refractivity (Wildman–Crippen MR) is 126 cm³/mol. The number of halogens is 2. The van der Waals surface area contributed by atoms with Crippen LogP contribution < -0.4 is 0 Å². The molecule has 0 spiro atoms. The first-order chi connectivity index (χ1) is 13.3. The summed E-state index contributed by atoms with van der Waals surface area (Å²) in [6.07, 6.45) is 4.18. The van der Waals surface area contributed by atoms with Gasteiger partial charge < -0.3 is 4.90 Å². The maximum Gasteiger partial charge on any atom is 0.0233 e. The van der Waals surface area contributed by atoms with Crippen molar-refractivity contribution in [1.29, 1.82) is 0 Å². The minimum absolute atomic E-state index is 0. The highest BCUT2D eigenvalue weighted by molar-refractivity contribution is 5.85. The third kappa shape index (κ3) is 4.51. The highest BCUT2D eigenvalue weighted by Crippen LogP contribution is 2.51. The fourth-order valence-electron chi connectivity index (χ4n) is 6.42. The van der Waals surface area contributed by atoms with Gasteiger partial charge in [0.15, 0.2) is 0 Å². The fraction of sp³-hybridized carbons (Fsp3) is 0.520. The summed E-state index contributed by atoms with van der Waals surface area (Å²) in [7, 11) is 2.37. The molecular weight excluding hydrogens is 399 g/mol. The van der Waals surface area contributed by atoms with Crippen LogP contribution >= 0.6 is 24.8 Å². The van der Waals surface area contributed by atoms with Crippen LogP contribution in [-0.4, -0.2) is 42.5 Å². The van der Waals surface area contributed by atoms with Gasteiger partial charge in [0.2, 0.25) is 0 Å². The maximum atomic E-state index is 2.75. The van der Waals surface area contributed by atoms with E-state index in [4.69, 9.17) is 0 Å². The van der Waals surface area contributed by atoms with Crippen molar-refractivity contribution in [3.63, 3.8) is 0 Å². The van der Waals surface area contributed by atoms with Gasteiger partial charge in [-0.15, -0.1) is 24.8 Å². The third-order valence-electron chi connectivity index (χ3n) is 7.64. The van der Waals surface area contributed by atoms with E-state index in [0.717, 1.165) is 36.3 Å². The van der Waals surface area contributed by atoms with E-state index in [-0.39, 0.29) is 24.8 Å². The molecule has 2 saturated heterocycles. The van der Waals surface area contributed by atoms with Crippen molar-refractivity contribution in [3.05, 3.63) is 71.8 Å². The summed E-state index contributed by atoms with van der Waals surface area (Å²) in [5, 5.41) is 0. The first kappa shape index (κ1) is 22.6. The second kappa shape index (κ2) is 9.83. The van der Waals surface area contributed by atoms with Gasteiger partial charge >= 0.3 is 0 Å². The lowest BCUT2D eigenvalue weighted by atomic mass is 9.61. The Morgan fingerprint density at radius 2 is 1.48 bits per heavy atom. The van der Waals surface area contributed by atoms with Gasteiger partial charge in [-0.1, -0.05) is 60.7 Å². The quantitative estimate of drug-likeness (QED) is 0.633. The summed E-state index contributed by atoms with van der Waals surface area (Å²) in [4.78, 5) is 5.43. The minimum atomic E-state index is 0. The van der Waals surface area contributed by atoms with E-state index >= 15 is 0 Å². The first-order valence-corrected chi connectivity index (χ1v) is 10.8. The van der Waals surface area contributed by atoms with Crippen molar-refractivity contribution in [2.75, 3.05) is 26.7 Å². The van der Waals surface area contributed by atoms with Crippen LogP contribution in [-0.2, 0) is 6.54 Å². The molecule has 5 atom stereocenters. The van der Waals surface area contributed by atoms with E-state index in [1.165, 1.54) is 44.5 Å². The van der Waals surface area contributed by atoms with E-state index in [2.05, 4.69) is 77.5 Å². The van der Waals surface area contributed by atoms with Gasteiger partial charge in [0.25, 0.3) is 0 Å². The smallest absolute Gasteiger partial charge is 0.0233 e. The number of likely N-dealkylation sites (tertiary alicyclic amines) is 2. The SMILES string of the molecule is CN1CCCC2C3CN(Cc4ccccc4)CC3C(c3ccccc3)CC21.Cl.Cl. The Morgan fingerprint density at radius 1 is 0.828 bits per heavy atom. The third-order valence-corrected chi connectivity index (χ3v) is 7.64. The van der Waals surface area contributed by atoms with Gasteiger partial charge in [-0.25, -0.2) is 0 Å². The van der Waals surface area contributed by atoms with Crippen LogP contribution in [0.3, 0.4) is 0 Å². The number of hydrogen-bond donors (Lipinski definition) is 0. The van der Waals surface area contributed by atoms with Crippen molar-refractivity contribution >= 4 is 24.8 Å². The summed E-state index contributed by atoms with van der Waals surface area (Å²) < 4.78 is 0. The molecule has 0 amide bonds. The average molecular weight is 433 g/mol. The van der Waals surface area contributed by atoms with E-state index < -0.39 is 0 Å². The molecule has 0 aromatic heterocycles. The average Bonchev–Trinajstić information content (AvgIpc) is 3.13. The van der Waals surface area contributed by atoms with E-state index in [9.17, 15) is 0 Å². The monoisotopic (exact) mass is 432 g/mol. The largest absolute Gasteiger partial charge is 0.303 e. The van der Waals surface area contributed by atoms with E-state index in [1.54, 1.807) is 5.56 Å². The molecule has 2 aromatic carbocycles. The molecule has 0 radical (unpaired) electrons. The van der Waals surface area contributed by atoms with Gasteiger partial charge in [0.05, 0.1) is 0 Å². The topological polar surface area (TPSA) is 6.48 Å². The zero-order valence-electron chi connectivity index (χ0n) is 17.3. The standard InChI is InChI=1S/C25H32N2.2ClH/c1-26-14-8-13-21-23-17-27(16-19-9-4-2-5-10-19)18-24(23)22(15-25(21)26)20-11-6-3-7-12-20;;/h2-7,9-12,21-25H,8,13-18H2,1H3;2*1H. The van der Waals surface area contributed by atoms with Gasteiger partial charge in [0.1, 0.15) is 0 Å². The molecule has 1 saturated carbocycles. The Morgan fingerprint density at radius 3 is 2.21 bits per heavy atom. The zero-order chi connectivity index (χ0) is 18.2. The molecule has 29 heavy (non-hydrogen) atoms. The van der Waals surface area contributed by atoms with Crippen LogP contribution in [0.15, 0.2) is 60.7 Å². The number of benzene rings is 2. The lowest BCUT2D eigenvalue weighted by molar-refractivity contribution is 0.0180. The molecule has 2 nitrogen and oxygen atoms in total. The molecule has 5 unspecified atom stereocenters. The van der Waals surface area contributed by atoms with Gasteiger partial charge in [-0.3, -0.25) is 4.90 Å². The molecule has 4 heteroatoms. The number of hydrogen-bond acceptors (Lipinski definition) is 2. The molecule has 1 aliphatic carbocycles. The summed E-state index contributed by atoms with van der Waals surface area (Å²) in [6, 6.07) is 23.2. The lowest BCUT2D eigenvalue weighted by Gasteiger charge is -2.50. The molecule has 2 heterocycles. The summed E-state index contributed by atoms with van der Waals surface area (Å²) in [6.45, 7) is 4.96. The Balaban J connectivity index is 0.00000120. The Bertz CT molecular complexity index is 754. The maximum absolute atomic E-state index is 2.75. The molecule has 158 valence electrons. The molecule has 3 aliphatic rings. The van der Waals surface area contributed by atoms with Gasteiger partial charge in [0, 0.05) is 25.7 Å². The first-order valence-electron chi connectivity index (χ1n) is 10.8. The van der Waals surface area contributed by atoms with Crippen LogP contribution in [0.4, 0.5) is 0 Å². The van der Waals surface area contributed by atoms with Crippen LogP contribution in [0.1, 0.15) is 36.3 Å². The Hall–Kier alpha value is -1.06. The molecule has 0 N–H and O–H groups in total. The number of fused-ring (bicyclic) bond motifs is 3. The molecule has 2 aromatic rings. The van der Waals surface area contributed by atoms with Gasteiger partial charge in [-0.2, -0.15) is 0 Å². The number of piperidine rings is 1. The molecule has 2 aliphatic heterocycles. The van der Waals surface area contributed by atoms with E-state index in [0.29, 0.717) is 0 Å². The second-order valence-electron chi connectivity index (χ2n) is 9.11. The summed E-state index contributed by atoms with van der Waals surface area (Å²) in [5.74, 6) is 3.30. The fourth-order valence-corrected chi connectivity index (χ4v) is 6.42. The predicted octanol–water partition coefficient (Wildman–Crippen LogP) is 5.48. The Kier molecular flexibility index (Phi) is 7.67. The lowest BCUT2D eigenvalue weighted by Crippen LogP contribution is -2.52. The molecule has 5 rings (SSSR count). The molecular formula is C25H34Cl2N2. The van der Waals surface area contributed by atoms with Gasteiger partial charge in [-0.05, 0) is 67.7 Å². The highest BCUT2D eigenvalue weighted by Gasteiger charge is 2.50. The number of nitrogens with zero attached hydrogens (tertiary/aromatic N) is 2. The van der Waals surface area contributed by atoms with Crippen molar-refractivity contribution in [2.45, 2.75) is 37.8 Å². The molecule has 3 fully saturated rings. The second-order valence-corrected chi connectivity index (χ2v) is 9.11. The zero-order valence-corrected chi connectivity index (χ0v) is 19.0. The summed E-state index contributed by atoms with van der Waals surface area (Å²) >= 11 is 0. The summed E-state index contributed by atoms with van der Waals surface area (Å²) in [5.41, 5.74) is 3.04. The van der Waals surface area contributed by atoms with Crippen LogP contribution in [0.2, 0.25) is 0 Å².